The Morgan fingerprint density at radius 2 is 1.83 bits per heavy atom. The first-order chi connectivity index (χ1) is 8.34. The summed E-state index contributed by atoms with van der Waals surface area (Å²) in [7, 11) is 1.38. The molecular weight excluding hydrogens is 240 g/mol. The third-order valence-corrected chi connectivity index (χ3v) is 3.04. The molecule has 0 aromatic heterocycles. The first-order valence-electron chi connectivity index (χ1n) is 5.66. The minimum absolute atomic E-state index is 0.0210. The van der Waals surface area contributed by atoms with Crippen molar-refractivity contribution in [3.8, 4) is 0 Å². The van der Waals surface area contributed by atoms with Crippen molar-refractivity contribution in [2.24, 2.45) is 0 Å². The molecule has 1 N–H and O–H groups in total. The Morgan fingerprint density at radius 1 is 1.33 bits per heavy atom. The summed E-state index contributed by atoms with van der Waals surface area (Å²) >= 11 is 0. The highest BCUT2D eigenvalue weighted by atomic mass is 16.4. The van der Waals surface area contributed by atoms with Crippen LogP contribution in [0.2, 0.25) is 0 Å². The number of likely N-dealkylation sites (N-methyl/N-ethyl adjacent to an activating group) is 1. The minimum atomic E-state index is -1.10. The molecular formula is C11H16N2O5. The molecule has 3 amide bonds. The van der Waals surface area contributed by atoms with Gasteiger partial charge in [-0.2, -0.15) is 0 Å². The van der Waals surface area contributed by atoms with Crippen LogP contribution in [-0.2, 0) is 19.2 Å². The van der Waals surface area contributed by atoms with Crippen molar-refractivity contribution in [1.82, 2.24) is 9.80 Å². The van der Waals surface area contributed by atoms with Gasteiger partial charge in [0.05, 0.1) is 0 Å². The molecule has 0 aliphatic carbocycles. The van der Waals surface area contributed by atoms with Crippen LogP contribution in [-0.4, -0.2) is 58.2 Å². The lowest BCUT2D eigenvalue weighted by Crippen LogP contribution is -2.42. The van der Waals surface area contributed by atoms with E-state index in [2.05, 4.69) is 0 Å². The van der Waals surface area contributed by atoms with Gasteiger partial charge in [-0.1, -0.05) is 0 Å². The number of carboxylic acid groups (broad SMARTS) is 1. The Hall–Kier alpha value is -1.92. The molecule has 1 fully saturated rings. The normalized spacial score (nSPS) is 16.9. The fourth-order valence-electron chi connectivity index (χ4n) is 1.64. The number of likely N-dealkylation sites (tertiary alicyclic amines) is 1. The van der Waals surface area contributed by atoms with Gasteiger partial charge in [-0.25, -0.2) is 4.79 Å². The lowest BCUT2D eigenvalue weighted by Gasteiger charge is -2.22. The van der Waals surface area contributed by atoms with Gasteiger partial charge < -0.3 is 10.0 Å². The number of carbonyl (C=O) groups excluding carboxylic acids is 3. The molecule has 0 spiro atoms. The van der Waals surface area contributed by atoms with E-state index in [4.69, 9.17) is 5.11 Å². The molecule has 7 heteroatoms. The summed E-state index contributed by atoms with van der Waals surface area (Å²) in [4.78, 5) is 47.1. The molecule has 0 saturated carbocycles. The van der Waals surface area contributed by atoms with E-state index in [1.807, 2.05) is 0 Å². The molecule has 0 aromatic rings. The van der Waals surface area contributed by atoms with Crippen LogP contribution in [0.1, 0.15) is 26.2 Å². The van der Waals surface area contributed by atoms with E-state index in [1.165, 1.54) is 14.0 Å². The zero-order chi connectivity index (χ0) is 13.9. The molecule has 0 aromatic carbocycles. The Labute approximate surface area is 104 Å². The van der Waals surface area contributed by atoms with Crippen LogP contribution in [0.25, 0.3) is 0 Å². The second-order valence-corrected chi connectivity index (χ2v) is 4.21. The molecule has 0 radical (unpaired) electrons. The van der Waals surface area contributed by atoms with E-state index in [0.717, 1.165) is 9.80 Å². The standard InChI is InChI=1S/C11H16N2O5/c1-7(11(17)18)12(2)8(14)5-6-13-9(15)3-4-10(13)16/h7H,3-6H2,1-2H3,(H,17,18). The van der Waals surface area contributed by atoms with Crippen molar-refractivity contribution in [3.63, 3.8) is 0 Å². The number of hydrogen-bond acceptors (Lipinski definition) is 4. The minimum Gasteiger partial charge on any atom is -0.480 e. The smallest absolute Gasteiger partial charge is 0.326 e. The SMILES string of the molecule is CC(C(=O)O)N(C)C(=O)CCN1C(=O)CCC1=O. The maximum Gasteiger partial charge on any atom is 0.326 e. The highest BCUT2D eigenvalue weighted by Gasteiger charge is 2.30. The fourth-order valence-corrected chi connectivity index (χ4v) is 1.64. The molecule has 100 valence electrons. The van der Waals surface area contributed by atoms with Gasteiger partial charge in [0.25, 0.3) is 0 Å². The molecule has 18 heavy (non-hydrogen) atoms. The van der Waals surface area contributed by atoms with Crippen LogP contribution in [0.15, 0.2) is 0 Å². The Balaban J connectivity index is 2.48. The molecule has 1 aliphatic heterocycles. The van der Waals surface area contributed by atoms with Gasteiger partial charge in [-0.3, -0.25) is 19.3 Å². The Kier molecular flexibility index (Phi) is 4.41. The number of rotatable bonds is 5. The zero-order valence-electron chi connectivity index (χ0n) is 10.4. The Morgan fingerprint density at radius 3 is 2.28 bits per heavy atom. The quantitative estimate of drug-likeness (QED) is 0.666. The van der Waals surface area contributed by atoms with Gasteiger partial charge in [0.2, 0.25) is 17.7 Å². The molecule has 1 heterocycles. The summed E-state index contributed by atoms with van der Waals surface area (Å²) in [5, 5.41) is 8.75. The van der Waals surface area contributed by atoms with Crippen molar-refractivity contribution >= 4 is 23.7 Å². The molecule has 7 nitrogen and oxygen atoms in total. The number of nitrogens with zero attached hydrogens (tertiary/aromatic N) is 2. The van der Waals surface area contributed by atoms with Crippen molar-refractivity contribution in [3.05, 3.63) is 0 Å². The number of imide groups is 1. The zero-order valence-corrected chi connectivity index (χ0v) is 10.4. The summed E-state index contributed by atoms with van der Waals surface area (Å²) in [6.07, 6.45) is 0.328. The first kappa shape index (κ1) is 14.1. The molecule has 1 saturated heterocycles. The van der Waals surface area contributed by atoms with Gasteiger partial charge in [-0.05, 0) is 6.92 Å². The third-order valence-electron chi connectivity index (χ3n) is 3.04. The lowest BCUT2D eigenvalue weighted by molar-refractivity contribution is -0.149. The average Bonchev–Trinajstić information content (AvgIpc) is 2.64. The molecule has 0 bridgehead atoms. The predicted octanol–water partition coefficient (Wildman–Crippen LogP) is -0.543. The van der Waals surface area contributed by atoms with Gasteiger partial charge in [0.15, 0.2) is 0 Å². The van der Waals surface area contributed by atoms with Crippen LogP contribution >= 0.6 is 0 Å². The van der Waals surface area contributed by atoms with E-state index in [1.54, 1.807) is 0 Å². The van der Waals surface area contributed by atoms with Crippen molar-refractivity contribution in [2.75, 3.05) is 13.6 Å². The number of amides is 3. The predicted molar refractivity (Wildman–Crippen MR) is 60.4 cm³/mol. The summed E-state index contributed by atoms with van der Waals surface area (Å²) in [6, 6.07) is -0.928. The van der Waals surface area contributed by atoms with Gasteiger partial charge in [-0.15, -0.1) is 0 Å². The van der Waals surface area contributed by atoms with Crippen molar-refractivity contribution in [2.45, 2.75) is 32.2 Å². The second kappa shape index (κ2) is 5.61. The number of carbonyl (C=O) groups is 4. The summed E-state index contributed by atoms with van der Waals surface area (Å²) in [5.74, 6) is -2.06. The van der Waals surface area contributed by atoms with Crippen LogP contribution < -0.4 is 0 Å². The van der Waals surface area contributed by atoms with Crippen molar-refractivity contribution in [1.29, 1.82) is 0 Å². The molecule has 1 unspecified atom stereocenters. The largest absolute Gasteiger partial charge is 0.480 e. The van der Waals surface area contributed by atoms with Gasteiger partial charge in [0.1, 0.15) is 6.04 Å². The first-order valence-corrected chi connectivity index (χ1v) is 5.66. The van der Waals surface area contributed by atoms with E-state index < -0.39 is 17.9 Å². The molecule has 1 aliphatic rings. The highest BCUT2D eigenvalue weighted by molar-refractivity contribution is 6.02. The highest BCUT2D eigenvalue weighted by Crippen LogP contribution is 2.12. The maximum absolute atomic E-state index is 11.7. The lowest BCUT2D eigenvalue weighted by atomic mass is 10.2. The van der Waals surface area contributed by atoms with Crippen LogP contribution in [0, 0.1) is 0 Å². The Bertz CT molecular complexity index is 377. The average molecular weight is 256 g/mol. The summed E-state index contributed by atoms with van der Waals surface area (Å²) in [5.41, 5.74) is 0. The van der Waals surface area contributed by atoms with E-state index in [0.29, 0.717) is 0 Å². The van der Waals surface area contributed by atoms with Crippen LogP contribution in [0.4, 0.5) is 0 Å². The number of hydrogen-bond donors (Lipinski definition) is 1. The van der Waals surface area contributed by atoms with E-state index in [-0.39, 0.29) is 37.6 Å². The monoisotopic (exact) mass is 256 g/mol. The molecule has 1 rings (SSSR count). The van der Waals surface area contributed by atoms with Crippen LogP contribution in [0.5, 0.6) is 0 Å². The van der Waals surface area contributed by atoms with Gasteiger partial charge >= 0.3 is 5.97 Å². The topological polar surface area (TPSA) is 95.0 Å². The van der Waals surface area contributed by atoms with Gasteiger partial charge in [0, 0.05) is 32.9 Å². The third kappa shape index (κ3) is 3.06. The maximum atomic E-state index is 11.7. The summed E-state index contributed by atoms with van der Waals surface area (Å²) < 4.78 is 0. The number of carboxylic acids is 1. The second-order valence-electron chi connectivity index (χ2n) is 4.21. The summed E-state index contributed by atoms with van der Waals surface area (Å²) in [6.45, 7) is 1.42. The fraction of sp³-hybridized carbons (Fsp3) is 0.636. The number of aliphatic carboxylic acids is 1. The van der Waals surface area contributed by atoms with E-state index >= 15 is 0 Å². The van der Waals surface area contributed by atoms with Crippen molar-refractivity contribution < 1.29 is 24.3 Å². The van der Waals surface area contributed by atoms with Crippen LogP contribution in [0.3, 0.4) is 0 Å². The van der Waals surface area contributed by atoms with E-state index in [9.17, 15) is 19.2 Å². The molecule has 1 atom stereocenters.